The minimum absolute atomic E-state index is 0.156. The van der Waals surface area contributed by atoms with Crippen LogP contribution in [0.1, 0.15) is 63.1 Å². The lowest BCUT2D eigenvalue weighted by Crippen LogP contribution is -2.30. The van der Waals surface area contributed by atoms with Gasteiger partial charge in [0.15, 0.2) is 5.52 Å². The molecule has 3 N–H and O–H groups in total. The van der Waals surface area contributed by atoms with E-state index in [2.05, 4.69) is 23.1 Å². The maximum absolute atomic E-state index is 12.9. The summed E-state index contributed by atoms with van der Waals surface area (Å²) in [6.45, 7) is 4.49. The lowest BCUT2D eigenvalue weighted by Gasteiger charge is -2.28. The molecule has 1 fully saturated rings. The molecule has 176 valence electrons. The largest absolute Gasteiger partial charge is 0.493 e. The van der Waals surface area contributed by atoms with E-state index in [9.17, 15) is 9.59 Å². The van der Waals surface area contributed by atoms with E-state index in [1.165, 1.54) is 0 Å². The molecule has 0 saturated heterocycles. The maximum Gasteiger partial charge on any atom is 0.277 e. The third-order valence-corrected chi connectivity index (χ3v) is 6.49. The first kappa shape index (κ1) is 23.0. The van der Waals surface area contributed by atoms with E-state index in [0.717, 1.165) is 55.3 Å². The smallest absolute Gasteiger partial charge is 0.277 e. The molecule has 0 bridgehead atoms. The van der Waals surface area contributed by atoms with Crippen molar-refractivity contribution in [2.75, 3.05) is 6.61 Å². The van der Waals surface area contributed by atoms with Crippen molar-refractivity contribution < 1.29 is 14.7 Å². The van der Waals surface area contributed by atoms with Crippen molar-refractivity contribution in [2.24, 2.45) is 13.0 Å². The van der Waals surface area contributed by atoms with E-state index in [1.54, 1.807) is 17.2 Å². The van der Waals surface area contributed by atoms with E-state index in [4.69, 9.17) is 14.9 Å². The Kier molecular flexibility index (Phi) is 6.78. The minimum atomic E-state index is -0.310. The van der Waals surface area contributed by atoms with Crippen molar-refractivity contribution in [1.82, 2.24) is 25.2 Å². The van der Waals surface area contributed by atoms with Crippen molar-refractivity contribution >= 4 is 16.9 Å². The topological polar surface area (TPSA) is 122 Å². The Labute approximate surface area is 192 Å². The number of benzene rings is 1. The Morgan fingerprint density at radius 3 is 2.70 bits per heavy atom. The zero-order valence-corrected chi connectivity index (χ0v) is 19.4. The molecule has 0 atom stereocenters. The summed E-state index contributed by atoms with van der Waals surface area (Å²) in [7, 11) is 1.76. The average Bonchev–Trinajstić information content (AvgIpc) is 3.15. The normalized spacial score (nSPS) is 18.4. The number of carbonyl (C=O) groups excluding carboxylic acids is 1. The number of aromatic nitrogens is 4. The van der Waals surface area contributed by atoms with Crippen LogP contribution in [0.4, 0.5) is 0 Å². The molecule has 9 nitrogen and oxygen atoms in total. The highest BCUT2D eigenvalue weighted by Gasteiger charge is 2.28. The lowest BCUT2D eigenvalue weighted by molar-refractivity contribution is -0.134. The number of hydrogen-bond acceptors (Lipinski definition) is 6. The summed E-state index contributed by atoms with van der Waals surface area (Å²) in [4.78, 5) is 32.4. The van der Waals surface area contributed by atoms with Gasteiger partial charge in [0.05, 0.1) is 17.9 Å². The van der Waals surface area contributed by atoms with E-state index in [0.29, 0.717) is 29.2 Å². The molecule has 1 amide bonds. The third-order valence-electron chi connectivity index (χ3n) is 6.49. The standard InChI is InChI=1S/C24H31N5O4/c1-4-6-18-20-21(29(3)27-18)24(31)26-22(25-20)17-13-16(11-12-19(17)33-5-2)14-7-9-15(10-8-14)23(30)28-32/h11-15,32H,4-10H2,1-3H3,(H,28,30)(H,25,26,31)/t14-,15+. The monoisotopic (exact) mass is 453 g/mol. The third kappa shape index (κ3) is 4.50. The number of nitrogens with zero attached hydrogens (tertiary/aromatic N) is 3. The number of hydroxylamine groups is 1. The van der Waals surface area contributed by atoms with Gasteiger partial charge in [-0.3, -0.25) is 19.5 Å². The molecule has 9 heteroatoms. The molecule has 4 rings (SSSR count). The molecule has 33 heavy (non-hydrogen) atoms. The summed E-state index contributed by atoms with van der Waals surface area (Å²) in [5, 5.41) is 13.4. The van der Waals surface area contributed by atoms with E-state index < -0.39 is 0 Å². The Morgan fingerprint density at radius 1 is 1.27 bits per heavy atom. The first-order chi connectivity index (χ1) is 16.0. The molecule has 1 saturated carbocycles. The van der Waals surface area contributed by atoms with Crippen molar-refractivity contribution in [3.8, 4) is 17.1 Å². The number of rotatable bonds is 7. The first-order valence-electron chi connectivity index (χ1n) is 11.6. The molecule has 0 unspecified atom stereocenters. The van der Waals surface area contributed by atoms with Gasteiger partial charge in [0.2, 0.25) is 5.91 Å². The Balaban J connectivity index is 1.74. The van der Waals surface area contributed by atoms with Crippen LogP contribution in [-0.2, 0) is 18.3 Å². The number of hydrogen-bond donors (Lipinski definition) is 3. The molecule has 1 aromatic carbocycles. The summed E-state index contributed by atoms with van der Waals surface area (Å²) < 4.78 is 7.46. The number of fused-ring (bicyclic) bond motifs is 1. The van der Waals surface area contributed by atoms with Crippen molar-refractivity contribution in [2.45, 2.75) is 58.3 Å². The van der Waals surface area contributed by atoms with Gasteiger partial charge in [0, 0.05) is 13.0 Å². The molecule has 2 aromatic heterocycles. The van der Waals surface area contributed by atoms with Crippen LogP contribution in [0.25, 0.3) is 22.4 Å². The van der Waals surface area contributed by atoms with Crippen LogP contribution < -0.4 is 15.8 Å². The van der Waals surface area contributed by atoms with Gasteiger partial charge >= 0.3 is 0 Å². The fourth-order valence-electron chi connectivity index (χ4n) is 4.83. The number of nitrogens with one attached hydrogen (secondary N) is 2. The summed E-state index contributed by atoms with van der Waals surface area (Å²) in [6.07, 6.45) is 4.78. The van der Waals surface area contributed by atoms with Gasteiger partial charge in [-0.2, -0.15) is 5.10 Å². The Hall–Kier alpha value is -3.20. The molecule has 1 aliphatic rings. The van der Waals surface area contributed by atoms with Gasteiger partial charge in [0.25, 0.3) is 5.56 Å². The Morgan fingerprint density at radius 2 is 2.03 bits per heavy atom. The molecule has 2 heterocycles. The number of carbonyl (C=O) groups is 1. The van der Waals surface area contributed by atoms with Crippen LogP contribution in [0.3, 0.4) is 0 Å². The van der Waals surface area contributed by atoms with Crippen LogP contribution in [0.5, 0.6) is 5.75 Å². The number of aryl methyl sites for hydroxylation is 2. The molecule has 1 aliphatic carbocycles. The zero-order valence-electron chi connectivity index (χ0n) is 19.4. The fourth-order valence-corrected chi connectivity index (χ4v) is 4.83. The molecule has 0 radical (unpaired) electrons. The number of aromatic amines is 1. The van der Waals surface area contributed by atoms with Crippen LogP contribution >= 0.6 is 0 Å². The van der Waals surface area contributed by atoms with Crippen LogP contribution in [0, 0.1) is 5.92 Å². The van der Waals surface area contributed by atoms with Crippen LogP contribution in [0.2, 0.25) is 0 Å². The van der Waals surface area contributed by atoms with Crippen LogP contribution in [0.15, 0.2) is 23.0 Å². The number of ether oxygens (including phenoxy) is 1. The molecule has 0 aliphatic heterocycles. The second kappa shape index (κ2) is 9.74. The predicted octanol–water partition coefficient (Wildman–Crippen LogP) is 3.45. The summed E-state index contributed by atoms with van der Waals surface area (Å²) >= 11 is 0. The van der Waals surface area contributed by atoms with Crippen molar-refractivity contribution in [3.63, 3.8) is 0 Å². The number of amides is 1. The van der Waals surface area contributed by atoms with Gasteiger partial charge in [-0.15, -0.1) is 0 Å². The summed E-state index contributed by atoms with van der Waals surface area (Å²) in [5.41, 5.74) is 5.33. The highest BCUT2D eigenvalue weighted by molar-refractivity contribution is 5.80. The molecular formula is C24H31N5O4. The van der Waals surface area contributed by atoms with Gasteiger partial charge in [-0.1, -0.05) is 19.4 Å². The summed E-state index contributed by atoms with van der Waals surface area (Å²) in [5.74, 6) is 0.952. The highest BCUT2D eigenvalue weighted by atomic mass is 16.5. The fraction of sp³-hybridized carbons (Fsp3) is 0.500. The van der Waals surface area contributed by atoms with Gasteiger partial charge in [0.1, 0.15) is 17.1 Å². The molecule has 3 aromatic rings. The predicted molar refractivity (Wildman–Crippen MR) is 124 cm³/mol. The quantitative estimate of drug-likeness (QED) is 0.372. The second-order valence-corrected chi connectivity index (χ2v) is 8.65. The van der Waals surface area contributed by atoms with E-state index >= 15 is 0 Å². The highest BCUT2D eigenvalue weighted by Crippen LogP contribution is 2.39. The Bertz CT molecular complexity index is 1210. The maximum atomic E-state index is 12.9. The van der Waals surface area contributed by atoms with Gasteiger partial charge < -0.3 is 9.72 Å². The number of H-pyrrole nitrogens is 1. The van der Waals surface area contributed by atoms with Crippen LogP contribution in [-0.4, -0.2) is 37.5 Å². The van der Waals surface area contributed by atoms with E-state index in [-0.39, 0.29) is 23.3 Å². The van der Waals surface area contributed by atoms with Gasteiger partial charge in [-0.25, -0.2) is 10.5 Å². The lowest BCUT2D eigenvalue weighted by atomic mass is 9.78. The average molecular weight is 454 g/mol. The van der Waals surface area contributed by atoms with Crippen molar-refractivity contribution in [3.05, 3.63) is 39.8 Å². The van der Waals surface area contributed by atoms with Crippen molar-refractivity contribution in [1.29, 1.82) is 0 Å². The first-order valence-corrected chi connectivity index (χ1v) is 11.6. The molecular weight excluding hydrogens is 422 g/mol. The zero-order chi connectivity index (χ0) is 23.5. The SMILES string of the molecule is CCCc1nn(C)c2c(=O)[nH]c(-c3cc([C@H]4CC[C@@H](C(=O)NO)CC4)ccc3OCC)nc12. The minimum Gasteiger partial charge on any atom is -0.493 e. The second-order valence-electron chi connectivity index (χ2n) is 8.65. The molecule has 0 spiro atoms. The van der Waals surface area contributed by atoms with Gasteiger partial charge in [-0.05, 0) is 62.6 Å². The van der Waals surface area contributed by atoms with E-state index in [1.807, 2.05) is 19.1 Å². The summed E-state index contributed by atoms with van der Waals surface area (Å²) in [6, 6.07) is 6.03.